The molecule has 2 aromatic rings. The molecule has 0 bridgehead atoms. The van der Waals surface area contributed by atoms with Crippen LogP contribution >= 0.6 is 90.4 Å². The molecular formula is C14H10I4N2O4. The quantitative estimate of drug-likeness (QED) is 0.359. The smallest absolute Gasteiger partial charge is 0.250 e. The van der Waals surface area contributed by atoms with Crippen molar-refractivity contribution in [1.82, 2.24) is 0 Å². The van der Waals surface area contributed by atoms with Gasteiger partial charge in [0, 0.05) is 25.1 Å². The maximum absolute atomic E-state index is 11.7. The highest BCUT2D eigenvalue weighted by atomic mass is 127. The second-order valence-electron chi connectivity index (χ2n) is 4.60. The number of anilines is 2. The molecule has 0 heterocycles. The lowest BCUT2D eigenvalue weighted by molar-refractivity contribution is -0.119. The summed E-state index contributed by atoms with van der Waals surface area (Å²) in [6, 6.07) is 3.65. The first-order valence-corrected chi connectivity index (χ1v) is 10.7. The molecule has 0 aliphatic rings. The van der Waals surface area contributed by atoms with E-state index in [0.717, 1.165) is 25.1 Å². The molecule has 0 fully saturated rings. The van der Waals surface area contributed by atoms with Crippen LogP contribution in [0.25, 0.3) is 10.8 Å². The van der Waals surface area contributed by atoms with Crippen molar-refractivity contribution in [2.75, 3.05) is 23.8 Å². The number of amides is 2. The Morgan fingerprint density at radius 3 is 1.42 bits per heavy atom. The summed E-state index contributed by atoms with van der Waals surface area (Å²) in [5.41, 5.74) is 1.13. The van der Waals surface area contributed by atoms with Gasteiger partial charge >= 0.3 is 0 Å². The van der Waals surface area contributed by atoms with E-state index < -0.39 is 25.0 Å². The molecule has 0 aromatic heterocycles. The molecule has 0 saturated carbocycles. The van der Waals surface area contributed by atoms with Gasteiger partial charge in [-0.05, 0) is 102 Å². The van der Waals surface area contributed by atoms with Gasteiger partial charge in [-0.3, -0.25) is 9.59 Å². The minimum absolute atomic E-state index is 0.510. The fraction of sp³-hybridized carbons (Fsp3) is 0.143. The largest absolute Gasteiger partial charge is 0.387 e. The maximum atomic E-state index is 11.7. The third-order valence-electron chi connectivity index (χ3n) is 3.02. The van der Waals surface area contributed by atoms with Crippen LogP contribution in [0.2, 0.25) is 0 Å². The number of rotatable bonds is 4. The number of carbonyl (C=O) groups is 2. The van der Waals surface area contributed by atoms with Crippen LogP contribution in [0.5, 0.6) is 0 Å². The van der Waals surface area contributed by atoms with E-state index in [-0.39, 0.29) is 0 Å². The van der Waals surface area contributed by atoms with E-state index in [9.17, 15) is 9.59 Å². The van der Waals surface area contributed by atoms with Gasteiger partial charge in [-0.15, -0.1) is 0 Å². The van der Waals surface area contributed by atoms with Crippen LogP contribution in [0.4, 0.5) is 11.4 Å². The monoisotopic (exact) mass is 778 g/mol. The number of hydrogen-bond donors (Lipinski definition) is 4. The van der Waals surface area contributed by atoms with Gasteiger partial charge in [-0.1, -0.05) is 0 Å². The van der Waals surface area contributed by atoms with Gasteiger partial charge in [0.2, 0.25) is 11.8 Å². The average Bonchev–Trinajstić information content (AvgIpc) is 2.55. The highest BCUT2D eigenvalue weighted by Gasteiger charge is 2.19. The lowest BCUT2D eigenvalue weighted by atomic mass is 10.1. The van der Waals surface area contributed by atoms with Crippen molar-refractivity contribution in [2.24, 2.45) is 0 Å². The van der Waals surface area contributed by atoms with Crippen LogP contribution < -0.4 is 10.6 Å². The third-order valence-corrected chi connectivity index (χ3v) is 9.03. The number of hydrogen-bond acceptors (Lipinski definition) is 4. The van der Waals surface area contributed by atoms with Crippen molar-refractivity contribution >= 4 is 124 Å². The Hall–Kier alpha value is 0.480. The Labute approximate surface area is 192 Å². The number of halogens is 4. The minimum Gasteiger partial charge on any atom is -0.387 e. The predicted molar refractivity (Wildman–Crippen MR) is 126 cm³/mol. The van der Waals surface area contributed by atoms with Crippen LogP contribution in [0, 0.1) is 14.3 Å². The molecule has 2 aromatic carbocycles. The summed E-state index contributed by atoms with van der Waals surface area (Å²) in [4.78, 5) is 23.3. The van der Waals surface area contributed by atoms with E-state index in [4.69, 9.17) is 10.2 Å². The van der Waals surface area contributed by atoms with Crippen molar-refractivity contribution in [3.63, 3.8) is 0 Å². The molecule has 0 aliphatic carbocycles. The second-order valence-corrected chi connectivity index (χ2v) is 9.08. The number of nitrogens with one attached hydrogen (secondary N) is 2. The second kappa shape index (κ2) is 8.92. The average molecular weight is 778 g/mol. The Morgan fingerprint density at radius 2 is 1.12 bits per heavy atom. The lowest BCUT2D eigenvalue weighted by Gasteiger charge is -2.17. The summed E-state index contributed by atoms with van der Waals surface area (Å²) in [6.07, 6.45) is 0. The first-order valence-electron chi connectivity index (χ1n) is 6.41. The van der Waals surface area contributed by atoms with Crippen LogP contribution in [0.15, 0.2) is 12.1 Å². The number of fused-ring (bicyclic) bond motifs is 1. The fourth-order valence-corrected chi connectivity index (χ4v) is 4.66. The molecule has 6 nitrogen and oxygen atoms in total. The first-order chi connectivity index (χ1) is 11.3. The van der Waals surface area contributed by atoms with Gasteiger partial charge in [0.25, 0.3) is 0 Å². The Morgan fingerprint density at radius 1 is 0.792 bits per heavy atom. The zero-order chi connectivity index (χ0) is 18.0. The third kappa shape index (κ3) is 4.41. The van der Waals surface area contributed by atoms with Crippen LogP contribution in [-0.4, -0.2) is 35.2 Å². The molecular weight excluding hydrogens is 768 g/mol. The number of carbonyl (C=O) groups excluding carboxylic acids is 2. The Bertz CT molecular complexity index is 772. The maximum Gasteiger partial charge on any atom is 0.250 e. The normalized spacial score (nSPS) is 10.8. The summed E-state index contributed by atoms with van der Waals surface area (Å²) in [7, 11) is 0. The Kier molecular flexibility index (Phi) is 7.72. The summed E-state index contributed by atoms with van der Waals surface area (Å²) < 4.78 is 3.64. The zero-order valence-corrected chi connectivity index (χ0v) is 20.4. The highest BCUT2D eigenvalue weighted by Crippen LogP contribution is 2.41. The minimum atomic E-state index is -0.612. The van der Waals surface area contributed by atoms with Crippen molar-refractivity contribution in [2.45, 2.75) is 0 Å². The van der Waals surface area contributed by atoms with Crippen LogP contribution in [-0.2, 0) is 9.59 Å². The van der Waals surface area contributed by atoms with E-state index >= 15 is 0 Å². The van der Waals surface area contributed by atoms with Gasteiger partial charge in [-0.2, -0.15) is 0 Å². The Balaban J connectivity index is 2.84. The molecule has 0 spiro atoms. The van der Waals surface area contributed by atoms with Crippen molar-refractivity contribution in [3.05, 3.63) is 26.4 Å². The summed E-state index contributed by atoms with van der Waals surface area (Å²) in [6.45, 7) is -1.22. The molecule has 4 N–H and O–H groups in total. The van der Waals surface area contributed by atoms with Crippen molar-refractivity contribution in [1.29, 1.82) is 0 Å². The zero-order valence-electron chi connectivity index (χ0n) is 11.8. The molecule has 128 valence electrons. The topological polar surface area (TPSA) is 98.7 Å². The molecule has 0 aliphatic heterocycles. The molecule has 0 saturated heterocycles. The lowest BCUT2D eigenvalue weighted by Crippen LogP contribution is -2.18. The number of aliphatic hydroxyl groups excluding tert-OH is 2. The molecule has 10 heteroatoms. The number of benzene rings is 2. The summed E-state index contributed by atoms with van der Waals surface area (Å²) in [5.74, 6) is -1.02. The van der Waals surface area contributed by atoms with Gasteiger partial charge in [-0.25, -0.2) is 0 Å². The molecule has 2 rings (SSSR count). The molecule has 0 atom stereocenters. The van der Waals surface area contributed by atoms with Gasteiger partial charge in [0.1, 0.15) is 13.2 Å². The van der Waals surface area contributed by atoms with E-state index in [2.05, 4.69) is 101 Å². The predicted octanol–water partition coefficient (Wildman–Crippen LogP) is 3.12. The van der Waals surface area contributed by atoms with E-state index in [0.29, 0.717) is 11.4 Å². The van der Waals surface area contributed by atoms with Crippen molar-refractivity contribution < 1.29 is 19.8 Å². The van der Waals surface area contributed by atoms with Crippen molar-refractivity contribution in [3.8, 4) is 0 Å². The molecule has 2 amide bonds. The van der Waals surface area contributed by atoms with Crippen LogP contribution in [0.3, 0.4) is 0 Å². The van der Waals surface area contributed by atoms with Gasteiger partial charge < -0.3 is 20.8 Å². The molecule has 0 unspecified atom stereocenters. The van der Waals surface area contributed by atoms with Gasteiger partial charge in [0.15, 0.2) is 0 Å². The SMILES string of the molecule is O=C(CO)Nc1cc(I)c(I)c2c(NC(=O)CO)cc(I)c(I)c12. The van der Waals surface area contributed by atoms with Crippen LogP contribution in [0.1, 0.15) is 0 Å². The molecule has 0 radical (unpaired) electrons. The van der Waals surface area contributed by atoms with E-state index in [1.807, 2.05) is 12.1 Å². The van der Waals surface area contributed by atoms with Gasteiger partial charge in [0.05, 0.1) is 11.4 Å². The standard InChI is InChI=1S/C14H10I4N2O4/c15-5-1-7(19-9(23)3-21)11-12(13(5)17)8(20-10(24)4-22)2-6(16)14(11)18/h1-2,21-22H,3-4H2,(H,19,23)(H,20,24). The number of aliphatic hydroxyl groups is 2. The van der Waals surface area contributed by atoms with E-state index in [1.54, 1.807) is 0 Å². The fourth-order valence-electron chi connectivity index (χ4n) is 2.07. The first kappa shape index (κ1) is 20.8. The highest BCUT2D eigenvalue weighted by molar-refractivity contribution is 14.1. The van der Waals surface area contributed by atoms with E-state index in [1.165, 1.54) is 0 Å². The summed E-state index contributed by atoms with van der Waals surface area (Å²) >= 11 is 8.67. The molecule has 24 heavy (non-hydrogen) atoms. The summed E-state index contributed by atoms with van der Waals surface area (Å²) in [5, 5.41) is 25.0.